The molecule has 0 unspecified atom stereocenters. The van der Waals surface area contributed by atoms with Crippen molar-refractivity contribution >= 4 is 11.9 Å². The molecule has 1 fully saturated rings. The molecule has 0 heterocycles. The summed E-state index contributed by atoms with van der Waals surface area (Å²) in [5, 5.41) is 9.73. The van der Waals surface area contributed by atoms with Crippen LogP contribution >= 0.6 is 0 Å². The Morgan fingerprint density at radius 3 is 2.13 bits per heavy atom. The van der Waals surface area contributed by atoms with E-state index in [4.69, 9.17) is 0 Å². The van der Waals surface area contributed by atoms with Crippen molar-refractivity contribution in [3.8, 4) is 0 Å². The molecule has 1 saturated carbocycles. The molecule has 5 nitrogen and oxygen atoms in total. The van der Waals surface area contributed by atoms with Crippen molar-refractivity contribution in [1.82, 2.24) is 16.0 Å². The number of aliphatic imine (C=N–C) groups is 1. The molecule has 3 N–H and O–H groups in total. The Morgan fingerprint density at radius 1 is 1.09 bits per heavy atom. The van der Waals surface area contributed by atoms with Crippen LogP contribution in [0.15, 0.2) is 4.99 Å². The summed E-state index contributed by atoms with van der Waals surface area (Å²) < 4.78 is 0. The number of hydrogen-bond acceptors (Lipinski definition) is 2. The van der Waals surface area contributed by atoms with Crippen LogP contribution in [0.4, 0.5) is 0 Å². The van der Waals surface area contributed by atoms with Crippen LogP contribution in [-0.4, -0.2) is 38.0 Å². The van der Waals surface area contributed by atoms with E-state index in [1.54, 1.807) is 7.05 Å². The Morgan fingerprint density at radius 2 is 1.65 bits per heavy atom. The van der Waals surface area contributed by atoms with Crippen molar-refractivity contribution in [3.63, 3.8) is 0 Å². The Hall–Kier alpha value is -1.26. The van der Waals surface area contributed by atoms with Gasteiger partial charge in [0.05, 0.1) is 0 Å². The van der Waals surface area contributed by atoms with Gasteiger partial charge in [-0.25, -0.2) is 0 Å². The lowest BCUT2D eigenvalue weighted by atomic mass is 9.80. The van der Waals surface area contributed by atoms with Crippen LogP contribution in [0.25, 0.3) is 0 Å². The summed E-state index contributed by atoms with van der Waals surface area (Å²) in [6, 6.07) is 0.514. The molecule has 0 aromatic rings. The maximum Gasteiger partial charge on any atom is 0.225 e. The lowest BCUT2D eigenvalue weighted by Gasteiger charge is -2.32. The highest BCUT2D eigenvalue weighted by Gasteiger charge is 2.23. The first kappa shape index (κ1) is 19.8. The first-order valence-corrected chi connectivity index (χ1v) is 8.99. The van der Waals surface area contributed by atoms with Gasteiger partial charge in [0, 0.05) is 31.6 Å². The minimum Gasteiger partial charge on any atom is -0.355 e. The quantitative estimate of drug-likeness (QED) is 0.414. The van der Waals surface area contributed by atoms with E-state index in [1.807, 2.05) is 20.8 Å². The maximum absolute atomic E-state index is 11.8. The molecular weight excluding hydrogens is 288 g/mol. The number of amides is 1. The third-order valence-corrected chi connectivity index (χ3v) is 4.66. The Balaban J connectivity index is 2.24. The van der Waals surface area contributed by atoms with Crippen LogP contribution < -0.4 is 16.0 Å². The van der Waals surface area contributed by atoms with Crippen molar-refractivity contribution < 1.29 is 4.79 Å². The fourth-order valence-electron chi connectivity index (χ4n) is 2.94. The number of hydrogen-bond donors (Lipinski definition) is 3. The number of carbonyl (C=O) groups is 1. The predicted octanol–water partition coefficient (Wildman–Crippen LogP) is 2.53. The zero-order valence-corrected chi connectivity index (χ0v) is 15.8. The molecule has 23 heavy (non-hydrogen) atoms. The number of nitrogens with zero attached hydrogens (tertiary/aromatic N) is 1. The highest BCUT2D eigenvalue weighted by Crippen LogP contribution is 2.29. The van der Waals surface area contributed by atoms with Crippen LogP contribution in [0.1, 0.15) is 60.3 Å². The van der Waals surface area contributed by atoms with Crippen LogP contribution in [0.3, 0.4) is 0 Å². The van der Waals surface area contributed by atoms with Gasteiger partial charge >= 0.3 is 0 Å². The molecule has 0 atom stereocenters. The van der Waals surface area contributed by atoms with E-state index < -0.39 is 0 Å². The Kier molecular flexibility index (Phi) is 7.86. The van der Waals surface area contributed by atoms with Crippen molar-refractivity contribution in [2.75, 3.05) is 20.1 Å². The average molecular weight is 325 g/mol. The molecule has 0 aliphatic heterocycles. The fraction of sp³-hybridized carbons (Fsp3) is 0.889. The maximum atomic E-state index is 11.8. The SMILES string of the molecule is CN=C(NCCNC(=O)C(C)(C)C)NC1CCC(C(C)C)CC1. The molecular formula is C18H36N4O. The smallest absolute Gasteiger partial charge is 0.225 e. The second kappa shape index (κ2) is 9.14. The third-order valence-electron chi connectivity index (χ3n) is 4.66. The molecule has 0 aromatic heterocycles. The molecule has 0 aromatic carbocycles. The van der Waals surface area contributed by atoms with Gasteiger partial charge in [0.1, 0.15) is 0 Å². The van der Waals surface area contributed by atoms with Crippen molar-refractivity contribution in [2.24, 2.45) is 22.2 Å². The topological polar surface area (TPSA) is 65.5 Å². The predicted molar refractivity (Wildman–Crippen MR) is 97.5 cm³/mol. The molecule has 1 amide bonds. The lowest BCUT2D eigenvalue weighted by molar-refractivity contribution is -0.128. The third kappa shape index (κ3) is 7.23. The van der Waals surface area contributed by atoms with Gasteiger partial charge < -0.3 is 16.0 Å². The average Bonchev–Trinajstić information content (AvgIpc) is 2.49. The van der Waals surface area contributed by atoms with Crippen molar-refractivity contribution in [1.29, 1.82) is 0 Å². The zero-order valence-electron chi connectivity index (χ0n) is 15.8. The summed E-state index contributed by atoms with van der Waals surface area (Å²) in [5.74, 6) is 2.58. The molecule has 5 heteroatoms. The van der Waals surface area contributed by atoms with Crippen molar-refractivity contribution in [2.45, 2.75) is 66.3 Å². The Labute approximate surface area is 142 Å². The molecule has 0 saturated heterocycles. The number of guanidine groups is 1. The highest BCUT2D eigenvalue weighted by atomic mass is 16.2. The van der Waals surface area contributed by atoms with Gasteiger partial charge in [0.25, 0.3) is 0 Å². The summed E-state index contributed by atoms with van der Waals surface area (Å²) >= 11 is 0. The molecule has 1 rings (SSSR count). The van der Waals surface area contributed by atoms with E-state index in [0.717, 1.165) is 17.8 Å². The number of rotatable bonds is 5. The highest BCUT2D eigenvalue weighted by molar-refractivity contribution is 5.82. The second-order valence-corrected chi connectivity index (χ2v) is 8.00. The zero-order chi connectivity index (χ0) is 17.5. The van der Waals surface area contributed by atoms with E-state index >= 15 is 0 Å². The summed E-state index contributed by atoms with van der Waals surface area (Å²) in [7, 11) is 1.79. The summed E-state index contributed by atoms with van der Waals surface area (Å²) in [6.07, 6.45) is 5.02. The molecule has 1 aliphatic carbocycles. The molecule has 0 bridgehead atoms. The van der Waals surface area contributed by atoms with Crippen LogP contribution in [0.5, 0.6) is 0 Å². The minimum absolute atomic E-state index is 0.0780. The standard InChI is InChI=1S/C18H36N4O/c1-13(2)14-7-9-15(10-8-14)22-17(19-6)21-12-11-20-16(23)18(3,4)5/h13-15H,7-12H2,1-6H3,(H,20,23)(H2,19,21,22). The van der Waals surface area contributed by atoms with Crippen LogP contribution in [0.2, 0.25) is 0 Å². The summed E-state index contributed by atoms with van der Waals surface area (Å²) in [4.78, 5) is 16.1. The van der Waals surface area contributed by atoms with E-state index in [-0.39, 0.29) is 11.3 Å². The summed E-state index contributed by atoms with van der Waals surface area (Å²) in [6.45, 7) is 11.7. The van der Waals surface area contributed by atoms with Gasteiger partial charge in [0.15, 0.2) is 5.96 Å². The lowest BCUT2D eigenvalue weighted by Crippen LogP contribution is -2.47. The second-order valence-electron chi connectivity index (χ2n) is 8.00. The van der Waals surface area contributed by atoms with E-state index in [2.05, 4.69) is 34.8 Å². The molecule has 1 aliphatic rings. The molecule has 0 radical (unpaired) electrons. The normalized spacial score (nSPS) is 22.8. The fourth-order valence-corrected chi connectivity index (χ4v) is 2.94. The van der Waals surface area contributed by atoms with E-state index in [9.17, 15) is 4.79 Å². The number of carbonyl (C=O) groups excluding carboxylic acids is 1. The van der Waals surface area contributed by atoms with Gasteiger partial charge in [-0.1, -0.05) is 34.6 Å². The van der Waals surface area contributed by atoms with Crippen LogP contribution in [-0.2, 0) is 4.79 Å². The largest absolute Gasteiger partial charge is 0.355 e. The molecule has 134 valence electrons. The first-order chi connectivity index (χ1) is 10.7. The van der Waals surface area contributed by atoms with Gasteiger partial charge in [-0.15, -0.1) is 0 Å². The number of nitrogens with one attached hydrogen (secondary N) is 3. The van der Waals surface area contributed by atoms with Crippen LogP contribution in [0, 0.1) is 17.3 Å². The minimum atomic E-state index is -0.338. The Bertz CT molecular complexity index is 390. The first-order valence-electron chi connectivity index (χ1n) is 8.99. The van der Waals surface area contributed by atoms with Gasteiger partial charge in [-0.05, 0) is 37.5 Å². The van der Waals surface area contributed by atoms with E-state index in [0.29, 0.717) is 19.1 Å². The van der Waals surface area contributed by atoms with E-state index in [1.165, 1.54) is 25.7 Å². The van der Waals surface area contributed by atoms with Gasteiger partial charge in [-0.2, -0.15) is 0 Å². The molecule has 0 spiro atoms. The van der Waals surface area contributed by atoms with Gasteiger partial charge in [-0.3, -0.25) is 9.79 Å². The van der Waals surface area contributed by atoms with Crippen molar-refractivity contribution in [3.05, 3.63) is 0 Å². The van der Waals surface area contributed by atoms with Gasteiger partial charge in [0.2, 0.25) is 5.91 Å². The monoisotopic (exact) mass is 324 g/mol. The summed E-state index contributed by atoms with van der Waals surface area (Å²) in [5.41, 5.74) is -0.338.